The van der Waals surface area contributed by atoms with Gasteiger partial charge in [-0.2, -0.15) is 0 Å². The van der Waals surface area contributed by atoms with Crippen molar-refractivity contribution >= 4 is 12.4 Å². The van der Waals surface area contributed by atoms with E-state index in [2.05, 4.69) is 16.9 Å². The summed E-state index contributed by atoms with van der Waals surface area (Å²) in [7, 11) is 0. The van der Waals surface area contributed by atoms with E-state index < -0.39 is 0 Å². The van der Waals surface area contributed by atoms with Gasteiger partial charge in [0.25, 0.3) is 0 Å². The average molecular weight is 166 g/mol. The summed E-state index contributed by atoms with van der Waals surface area (Å²) in [6, 6.07) is 0. The molecule has 2 nitrogen and oxygen atoms in total. The van der Waals surface area contributed by atoms with Crippen LogP contribution in [-0.4, -0.2) is 18.0 Å². The van der Waals surface area contributed by atoms with Gasteiger partial charge in [0.15, 0.2) is 0 Å². The molecule has 2 heteroatoms. The standard InChI is InChI=1S/C10H18N2/c1-5-8-11-9-7-10(3,4)12-6-2/h6-9H,5H2,1-4H3/b9-7-,11-8-,12-6-. The quantitative estimate of drug-likeness (QED) is 0.574. The predicted molar refractivity (Wildman–Crippen MR) is 56.2 cm³/mol. The van der Waals surface area contributed by atoms with Gasteiger partial charge >= 0.3 is 0 Å². The summed E-state index contributed by atoms with van der Waals surface area (Å²) in [5.74, 6) is 0. The van der Waals surface area contributed by atoms with Gasteiger partial charge in [0.2, 0.25) is 0 Å². The van der Waals surface area contributed by atoms with Gasteiger partial charge in [-0.15, -0.1) is 0 Å². The molecular weight excluding hydrogens is 148 g/mol. The maximum Gasteiger partial charge on any atom is 0.0745 e. The Labute approximate surface area is 75.1 Å². The minimum Gasteiger partial charge on any atom is -0.288 e. The van der Waals surface area contributed by atoms with E-state index in [0.717, 1.165) is 6.42 Å². The van der Waals surface area contributed by atoms with Crippen LogP contribution in [0.5, 0.6) is 0 Å². The SMILES string of the molecule is C/C=N\C(C)(C)/C=C\N=C/CC. The third kappa shape index (κ3) is 5.83. The smallest absolute Gasteiger partial charge is 0.0745 e. The summed E-state index contributed by atoms with van der Waals surface area (Å²) in [5, 5.41) is 0. The van der Waals surface area contributed by atoms with Crippen LogP contribution >= 0.6 is 0 Å². The molecule has 0 heterocycles. The van der Waals surface area contributed by atoms with Crippen molar-refractivity contribution in [1.29, 1.82) is 0 Å². The van der Waals surface area contributed by atoms with Crippen LogP contribution in [0.15, 0.2) is 22.3 Å². The van der Waals surface area contributed by atoms with Crippen molar-refractivity contribution in [2.45, 2.75) is 39.7 Å². The molecule has 0 aliphatic carbocycles. The average Bonchev–Trinajstić information content (AvgIpc) is 1.98. The highest BCUT2D eigenvalue weighted by molar-refractivity contribution is 5.57. The molecule has 0 aliphatic heterocycles. The molecule has 0 saturated carbocycles. The molecule has 0 aliphatic rings. The molecule has 0 amide bonds. The molecule has 0 aromatic carbocycles. The molecule has 0 atom stereocenters. The largest absolute Gasteiger partial charge is 0.288 e. The van der Waals surface area contributed by atoms with Crippen molar-refractivity contribution < 1.29 is 0 Å². The molecule has 0 unspecified atom stereocenters. The summed E-state index contributed by atoms with van der Waals surface area (Å²) in [5.41, 5.74) is -0.125. The maximum absolute atomic E-state index is 4.27. The third-order valence-electron chi connectivity index (χ3n) is 1.32. The monoisotopic (exact) mass is 166 g/mol. The van der Waals surface area contributed by atoms with Crippen molar-refractivity contribution in [2.75, 3.05) is 0 Å². The van der Waals surface area contributed by atoms with E-state index in [1.54, 1.807) is 6.20 Å². The van der Waals surface area contributed by atoms with Crippen LogP contribution < -0.4 is 0 Å². The second-order valence-corrected chi connectivity index (χ2v) is 3.10. The van der Waals surface area contributed by atoms with Gasteiger partial charge < -0.3 is 0 Å². The van der Waals surface area contributed by atoms with Crippen molar-refractivity contribution in [3.63, 3.8) is 0 Å². The van der Waals surface area contributed by atoms with Crippen molar-refractivity contribution in [3.8, 4) is 0 Å². The lowest BCUT2D eigenvalue weighted by Crippen LogP contribution is -2.11. The summed E-state index contributed by atoms with van der Waals surface area (Å²) in [6.45, 7) is 8.08. The van der Waals surface area contributed by atoms with E-state index in [9.17, 15) is 0 Å². The highest BCUT2D eigenvalue weighted by Gasteiger charge is 2.08. The Morgan fingerprint density at radius 3 is 2.50 bits per heavy atom. The second kappa shape index (κ2) is 5.70. The van der Waals surface area contributed by atoms with Crippen molar-refractivity contribution in [1.82, 2.24) is 0 Å². The first-order valence-electron chi connectivity index (χ1n) is 4.31. The fraction of sp³-hybridized carbons (Fsp3) is 0.600. The van der Waals surface area contributed by atoms with Crippen LogP contribution in [0, 0.1) is 0 Å². The molecule has 0 aromatic heterocycles. The number of aliphatic imine (C=N–C) groups is 2. The van der Waals surface area contributed by atoms with Gasteiger partial charge in [-0.3, -0.25) is 9.98 Å². The molecule has 12 heavy (non-hydrogen) atoms. The maximum atomic E-state index is 4.27. The van der Waals surface area contributed by atoms with E-state index in [1.165, 1.54) is 0 Å². The number of rotatable bonds is 4. The Hall–Kier alpha value is -0.920. The Morgan fingerprint density at radius 1 is 1.33 bits per heavy atom. The summed E-state index contributed by atoms with van der Waals surface area (Å²) in [6.07, 6.45) is 8.45. The van der Waals surface area contributed by atoms with E-state index in [-0.39, 0.29) is 5.54 Å². The number of hydrogen-bond donors (Lipinski definition) is 0. The van der Waals surface area contributed by atoms with Crippen LogP contribution in [-0.2, 0) is 0 Å². The normalized spacial score (nSPS) is 14.0. The van der Waals surface area contributed by atoms with Crippen LogP contribution in [0.4, 0.5) is 0 Å². The van der Waals surface area contributed by atoms with Gasteiger partial charge in [-0.1, -0.05) is 6.92 Å². The molecule has 0 radical (unpaired) electrons. The Kier molecular flexibility index (Phi) is 5.26. The fourth-order valence-electron chi connectivity index (χ4n) is 0.767. The zero-order valence-corrected chi connectivity index (χ0v) is 8.41. The van der Waals surface area contributed by atoms with Gasteiger partial charge in [0, 0.05) is 12.4 Å². The Balaban J connectivity index is 4.04. The predicted octanol–water partition coefficient (Wildman–Crippen LogP) is 2.85. The van der Waals surface area contributed by atoms with Crippen LogP contribution in [0.2, 0.25) is 0 Å². The van der Waals surface area contributed by atoms with E-state index >= 15 is 0 Å². The second-order valence-electron chi connectivity index (χ2n) is 3.10. The molecule has 0 N–H and O–H groups in total. The van der Waals surface area contributed by atoms with E-state index in [1.807, 2.05) is 39.3 Å². The Bertz CT molecular complexity index is 188. The van der Waals surface area contributed by atoms with Gasteiger partial charge in [0.05, 0.1) is 5.54 Å². The first-order chi connectivity index (χ1) is 5.62. The highest BCUT2D eigenvalue weighted by atomic mass is 14.8. The van der Waals surface area contributed by atoms with Crippen molar-refractivity contribution in [3.05, 3.63) is 12.3 Å². The lowest BCUT2D eigenvalue weighted by Gasteiger charge is -2.12. The molecule has 0 spiro atoms. The number of hydrogen-bond acceptors (Lipinski definition) is 2. The van der Waals surface area contributed by atoms with Crippen LogP contribution in [0.1, 0.15) is 34.1 Å². The van der Waals surface area contributed by atoms with Crippen molar-refractivity contribution in [2.24, 2.45) is 9.98 Å². The third-order valence-corrected chi connectivity index (χ3v) is 1.32. The molecular formula is C10H18N2. The molecule has 68 valence electrons. The lowest BCUT2D eigenvalue weighted by atomic mass is 10.1. The van der Waals surface area contributed by atoms with Crippen LogP contribution in [0.3, 0.4) is 0 Å². The number of nitrogens with zero attached hydrogens (tertiary/aromatic N) is 2. The molecule has 0 saturated heterocycles. The molecule has 0 rings (SSSR count). The lowest BCUT2D eigenvalue weighted by molar-refractivity contribution is 0.659. The minimum absolute atomic E-state index is 0.125. The first-order valence-corrected chi connectivity index (χ1v) is 4.31. The summed E-state index contributed by atoms with van der Waals surface area (Å²) in [4.78, 5) is 8.35. The molecule has 0 aromatic rings. The molecule has 0 bridgehead atoms. The highest BCUT2D eigenvalue weighted by Crippen LogP contribution is 2.09. The summed E-state index contributed by atoms with van der Waals surface area (Å²) < 4.78 is 0. The molecule has 0 fully saturated rings. The fourth-order valence-corrected chi connectivity index (χ4v) is 0.767. The van der Waals surface area contributed by atoms with Crippen LogP contribution in [0.25, 0.3) is 0 Å². The topological polar surface area (TPSA) is 24.7 Å². The van der Waals surface area contributed by atoms with E-state index in [0.29, 0.717) is 0 Å². The first kappa shape index (κ1) is 11.1. The van der Waals surface area contributed by atoms with Gasteiger partial charge in [-0.25, -0.2) is 0 Å². The summed E-state index contributed by atoms with van der Waals surface area (Å²) >= 11 is 0. The zero-order valence-electron chi connectivity index (χ0n) is 8.41. The minimum atomic E-state index is -0.125. The van der Waals surface area contributed by atoms with E-state index in [4.69, 9.17) is 0 Å². The Morgan fingerprint density at radius 2 is 2.00 bits per heavy atom. The van der Waals surface area contributed by atoms with Gasteiger partial charge in [0.1, 0.15) is 0 Å². The van der Waals surface area contributed by atoms with Gasteiger partial charge in [-0.05, 0) is 39.5 Å². The zero-order chi connectivity index (χ0) is 9.45.